The fraction of sp³-hybridized carbons (Fsp3) is 0.278. The summed E-state index contributed by atoms with van der Waals surface area (Å²) in [5.41, 5.74) is 1.09. The van der Waals surface area contributed by atoms with Crippen LogP contribution in [0.1, 0.15) is 29.8 Å². The number of hydrogen-bond acceptors (Lipinski definition) is 7. The van der Waals surface area contributed by atoms with E-state index in [1.807, 2.05) is 23.6 Å². The number of nitrogens with zero attached hydrogens (tertiary/aromatic N) is 4. The summed E-state index contributed by atoms with van der Waals surface area (Å²) in [7, 11) is 0. The SMILES string of the molecule is c1csc(-c2noc(CN3CCC[C@H]3c3nc4ccccc4s3)n2)c1. The normalized spacial score (nSPS) is 18.3. The van der Waals surface area contributed by atoms with E-state index in [4.69, 9.17) is 9.51 Å². The molecule has 0 aliphatic carbocycles. The zero-order chi connectivity index (χ0) is 16.6. The van der Waals surface area contributed by atoms with Crippen molar-refractivity contribution in [2.75, 3.05) is 6.54 Å². The van der Waals surface area contributed by atoms with Crippen LogP contribution in [0.2, 0.25) is 0 Å². The van der Waals surface area contributed by atoms with Gasteiger partial charge in [0.1, 0.15) is 5.01 Å². The van der Waals surface area contributed by atoms with E-state index in [9.17, 15) is 0 Å². The van der Waals surface area contributed by atoms with Crippen LogP contribution in [0, 0.1) is 0 Å². The van der Waals surface area contributed by atoms with E-state index in [1.54, 1.807) is 22.7 Å². The third kappa shape index (κ3) is 2.88. The first kappa shape index (κ1) is 15.2. The summed E-state index contributed by atoms with van der Waals surface area (Å²) in [6.07, 6.45) is 2.30. The molecule has 1 aromatic carbocycles. The van der Waals surface area contributed by atoms with E-state index in [0.717, 1.165) is 23.4 Å². The van der Waals surface area contributed by atoms with Crippen molar-refractivity contribution in [1.29, 1.82) is 0 Å². The van der Waals surface area contributed by atoms with Crippen LogP contribution in [0.25, 0.3) is 20.9 Å². The third-order valence-corrected chi connectivity index (χ3v) is 6.51. The lowest BCUT2D eigenvalue weighted by atomic mass is 10.2. The molecule has 4 heterocycles. The monoisotopic (exact) mass is 368 g/mol. The number of likely N-dealkylation sites (tertiary alicyclic amines) is 1. The Balaban J connectivity index is 1.38. The van der Waals surface area contributed by atoms with Crippen molar-refractivity contribution >= 4 is 32.9 Å². The van der Waals surface area contributed by atoms with Crippen LogP contribution in [0.5, 0.6) is 0 Å². The minimum absolute atomic E-state index is 0.342. The number of aromatic nitrogens is 3. The van der Waals surface area contributed by atoms with Crippen LogP contribution < -0.4 is 0 Å². The molecular formula is C18H16N4OS2. The molecule has 3 aromatic heterocycles. The standard InChI is InChI=1S/C18H16N4OS2/c1-2-7-14-12(5-1)19-18(25-14)13-6-3-9-22(13)11-16-20-17(21-23-16)15-8-4-10-24-15/h1-2,4-5,7-8,10,13H,3,6,9,11H2/t13-/m0/s1. The average molecular weight is 368 g/mol. The van der Waals surface area contributed by atoms with Crippen LogP contribution in [-0.2, 0) is 6.54 Å². The molecule has 0 spiro atoms. The van der Waals surface area contributed by atoms with Gasteiger partial charge in [0.15, 0.2) is 0 Å². The molecule has 126 valence electrons. The molecule has 1 fully saturated rings. The molecule has 7 heteroatoms. The van der Waals surface area contributed by atoms with Crippen molar-refractivity contribution in [3.05, 3.63) is 52.7 Å². The summed E-state index contributed by atoms with van der Waals surface area (Å²) in [4.78, 5) is 12.9. The molecule has 5 rings (SSSR count). The van der Waals surface area contributed by atoms with E-state index >= 15 is 0 Å². The van der Waals surface area contributed by atoms with Gasteiger partial charge in [-0.15, -0.1) is 22.7 Å². The smallest absolute Gasteiger partial charge is 0.241 e. The van der Waals surface area contributed by atoms with Crippen LogP contribution in [0.15, 0.2) is 46.3 Å². The fourth-order valence-electron chi connectivity index (χ4n) is 3.33. The Morgan fingerprint density at radius 2 is 2.12 bits per heavy atom. The van der Waals surface area contributed by atoms with Gasteiger partial charge in [0.2, 0.25) is 11.7 Å². The van der Waals surface area contributed by atoms with Gasteiger partial charge in [-0.1, -0.05) is 23.4 Å². The van der Waals surface area contributed by atoms with Crippen molar-refractivity contribution in [3.8, 4) is 10.7 Å². The molecule has 4 aromatic rings. The maximum Gasteiger partial charge on any atom is 0.241 e. The summed E-state index contributed by atoms with van der Waals surface area (Å²) in [5, 5.41) is 7.33. The molecule has 0 N–H and O–H groups in total. The van der Waals surface area contributed by atoms with Gasteiger partial charge >= 0.3 is 0 Å². The minimum atomic E-state index is 0.342. The first-order valence-corrected chi connectivity index (χ1v) is 10.0. The minimum Gasteiger partial charge on any atom is -0.338 e. The molecule has 5 nitrogen and oxygen atoms in total. The second kappa shape index (κ2) is 6.33. The van der Waals surface area contributed by atoms with Gasteiger partial charge in [0.25, 0.3) is 0 Å². The fourth-order valence-corrected chi connectivity index (χ4v) is 5.11. The molecule has 1 saturated heterocycles. The molecule has 1 aliphatic rings. The zero-order valence-corrected chi connectivity index (χ0v) is 15.1. The maximum absolute atomic E-state index is 5.48. The highest BCUT2D eigenvalue weighted by Crippen LogP contribution is 2.37. The van der Waals surface area contributed by atoms with Crippen LogP contribution in [0.3, 0.4) is 0 Å². The van der Waals surface area contributed by atoms with E-state index in [1.165, 1.54) is 16.1 Å². The lowest BCUT2D eigenvalue weighted by Crippen LogP contribution is -2.22. The van der Waals surface area contributed by atoms with Gasteiger partial charge in [-0.3, -0.25) is 4.90 Å². The van der Waals surface area contributed by atoms with Gasteiger partial charge in [0.05, 0.1) is 27.7 Å². The van der Waals surface area contributed by atoms with Gasteiger partial charge in [0, 0.05) is 0 Å². The zero-order valence-electron chi connectivity index (χ0n) is 13.5. The summed E-state index contributed by atoms with van der Waals surface area (Å²) < 4.78 is 6.73. The van der Waals surface area contributed by atoms with Crippen LogP contribution >= 0.6 is 22.7 Å². The Bertz CT molecular complexity index is 959. The second-order valence-electron chi connectivity index (χ2n) is 6.14. The summed E-state index contributed by atoms with van der Waals surface area (Å²) in [6, 6.07) is 12.7. The van der Waals surface area contributed by atoms with Crippen molar-refractivity contribution in [1.82, 2.24) is 20.0 Å². The first-order chi connectivity index (χ1) is 12.4. The molecule has 25 heavy (non-hydrogen) atoms. The van der Waals surface area contributed by atoms with E-state index in [2.05, 4.69) is 33.2 Å². The third-order valence-electron chi connectivity index (χ3n) is 4.51. The van der Waals surface area contributed by atoms with Gasteiger partial charge < -0.3 is 4.52 Å². The number of fused-ring (bicyclic) bond motifs is 1. The van der Waals surface area contributed by atoms with Crippen LogP contribution in [0.4, 0.5) is 0 Å². The molecule has 1 atom stereocenters. The second-order valence-corrected chi connectivity index (χ2v) is 8.15. The highest BCUT2D eigenvalue weighted by molar-refractivity contribution is 7.18. The Morgan fingerprint density at radius 1 is 1.16 bits per heavy atom. The Labute approximate surface area is 152 Å². The molecule has 0 bridgehead atoms. The molecule has 1 aliphatic heterocycles. The van der Waals surface area contributed by atoms with Crippen molar-refractivity contribution in [3.63, 3.8) is 0 Å². The van der Waals surface area contributed by atoms with Crippen molar-refractivity contribution < 1.29 is 4.52 Å². The Morgan fingerprint density at radius 3 is 3.00 bits per heavy atom. The largest absolute Gasteiger partial charge is 0.338 e. The van der Waals surface area contributed by atoms with Crippen LogP contribution in [-0.4, -0.2) is 26.6 Å². The van der Waals surface area contributed by atoms with Gasteiger partial charge in [-0.05, 0) is 43.0 Å². The molecular weight excluding hydrogens is 352 g/mol. The van der Waals surface area contributed by atoms with E-state index < -0.39 is 0 Å². The number of benzene rings is 1. The summed E-state index contributed by atoms with van der Waals surface area (Å²) >= 11 is 3.42. The number of thiophene rings is 1. The highest BCUT2D eigenvalue weighted by Gasteiger charge is 2.30. The topological polar surface area (TPSA) is 55.1 Å². The highest BCUT2D eigenvalue weighted by atomic mass is 32.1. The van der Waals surface area contributed by atoms with Gasteiger partial charge in [-0.25, -0.2) is 4.98 Å². The molecule has 0 radical (unpaired) electrons. The first-order valence-electron chi connectivity index (χ1n) is 8.33. The number of para-hydroxylation sites is 1. The molecule has 0 amide bonds. The van der Waals surface area contributed by atoms with Crippen molar-refractivity contribution in [2.24, 2.45) is 0 Å². The Kier molecular flexibility index (Phi) is 3.84. The van der Waals surface area contributed by atoms with E-state index in [0.29, 0.717) is 24.3 Å². The molecule has 0 unspecified atom stereocenters. The Hall–Kier alpha value is -2.09. The summed E-state index contributed by atoms with van der Waals surface area (Å²) in [5.74, 6) is 1.36. The maximum atomic E-state index is 5.48. The van der Waals surface area contributed by atoms with Crippen molar-refractivity contribution in [2.45, 2.75) is 25.4 Å². The quantitative estimate of drug-likeness (QED) is 0.520. The number of rotatable bonds is 4. The van der Waals surface area contributed by atoms with Gasteiger partial charge in [-0.2, -0.15) is 4.98 Å². The lowest BCUT2D eigenvalue weighted by molar-refractivity contribution is 0.212. The summed E-state index contributed by atoms with van der Waals surface area (Å²) in [6.45, 7) is 1.72. The predicted molar refractivity (Wildman–Crippen MR) is 99.6 cm³/mol. The lowest BCUT2D eigenvalue weighted by Gasteiger charge is -2.20. The average Bonchev–Trinajstić information content (AvgIpc) is 3.41. The van der Waals surface area contributed by atoms with E-state index in [-0.39, 0.29) is 0 Å². The number of thiazole rings is 1. The number of hydrogen-bond donors (Lipinski definition) is 0. The molecule has 0 saturated carbocycles. The predicted octanol–water partition coefficient (Wildman–Crippen LogP) is 4.74.